The van der Waals surface area contributed by atoms with E-state index in [2.05, 4.69) is 33.7 Å². The second kappa shape index (κ2) is 9.97. The first-order valence-electron chi connectivity index (χ1n) is 8.66. The first-order valence-corrected chi connectivity index (χ1v) is 9.45. The lowest BCUT2D eigenvalue weighted by atomic mass is 10.2. The molecule has 0 heterocycles. The number of halogens is 1. The number of hydrazine groups is 1. The lowest BCUT2D eigenvalue weighted by molar-refractivity contribution is -0.123. The van der Waals surface area contributed by atoms with Crippen molar-refractivity contribution >= 4 is 27.7 Å². The third-order valence-electron chi connectivity index (χ3n) is 3.55. The van der Waals surface area contributed by atoms with Crippen LogP contribution in [0.5, 0.6) is 11.5 Å². The Bertz CT molecular complexity index is 808. The molecule has 0 aliphatic rings. The Morgan fingerprint density at radius 2 is 1.89 bits per heavy atom. The minimum atomic E-state index is -0.468. The quantitative estimate of drug-likeness (QED) is 0.652. The SMILES string of the molecule is CCc1ccc(OCC(=O)NNC(=O)c2cccc(OC(C)C)c2)c(Br)c1. The van der Waals surface area contributed by atoms with E-state index in [-0.39, 0.29) is 12.7 Å². The maximum atomic E-state index is 12.2. The topological polar surface area (TPSA) is 76.7 Å². The summed E-state index contributed by atoms with van der Waals surface area (Å²) in [5, 5.41) is 0. The first kappa shape index (κ1) is 20.8. The molecule has 2 rings (SSSR count). The Morgan fingerprint density at radius 3 is 2.56 bits per heavy atom. The van der Waals surface area contributed by atoms with Gasteiger partial charge in [-0.25, -0.2) is 0 Å². The summed E-state index contributed by atoms with van der Waals surface area (Å²) in [6.07, 6.45) is 0.917. The minimum absolute atomic E-state index is 0.00544. The predicted molar refractivity (Wildman–Crippen MR) is 107 cm³/mol. The fraction of sp³-hybridized carbons (Fsp3) is 0.300. The molecule has 0 aromatic heterocycles. The van der Waals surface area contributed by atoms with Crippen molar-refractivity contribution < 1.29 is 19.1 Å². The van der Waals surface area contributed by atoms with Crippen molar-refractivity contribution in [2.24, 2.45) is 0 Å². The molecule has 2 aromatic rings. The largest absolute Gasteiger partial charge is 0.491 e. The lowest BCUT2D eigenvalue weighted by Gasteiger charge is -2.12. The van der Waals surface area contributed by atoms with Gasteiger partial charge < -0.3 is 9.47 Å². The molecule has 2 N–H and O–H groups in total. The minimum Gasteiger partial charge on any atom is -0.491 e. The molecule has 0 fully saturated rings. The molecule has 0 unspecified atom stereocenters. The van der Waals surface area contributed by atoms with Crippen molar-refractivity contribution in [1.29, 1.82) is 0 Å². The molecule has 0 radical (unpaired) electrons. The van der Waals surface area contributed by atoms with Crippen LogP contribution in [0.1, 0.15) is 36.7 Å². The average molecular weight is 435 g/mol. The number of amides is 2. The van der Waals surface area contributed by atoms with E-state index in [1.807, 2.05) is 26.0 Å². The highest BCUT2D eigenvalue weighted by Gasteiger charge is 2.10. The number of rotatable bonds is 7. The zero-order valence-corrected chi connectivity index (χ0v) is 17.1. The number of carbonyl (C=O) groups is 2. The molecule has 0 aliphatic carbocycles. The number of ether oxygens (including phenoxy) is 2. The maximum absolute atomic E-state index is 12.2. The van der Waals surface area contributed by atoms with E-state index >= 15 is 0 Å². The zero-order valence-electron chi connectivity index (χ0n) is 15.5. The van der Waals surface area contributed by atoms with Gasteiger partial charge in [0.2, 0.25) is 0 Å². The number of hydrogen-bond acceptors (Lipinski definition) is 4. The molecule has 0 saturated carbocycles. The summed E-state index contributed by atoms with van der Waals surface area (Å²) in [6.45, 7) is 5.64. The highest BCUT2D eigenvalue weighted by Crippen LogP contribution is 2.26. The molecular formula is C20H23BrN2O4. The summed E-state index contributed by atoms with van der Waals surface area (Å²) in [6, 6.07) is 12.4. The van der Waals surface area contributed by atoms with Crippen LogP contribution in [0.3, 0.4) is 0 Å². The van der Waals surface area contributed by atoms with Gasteiger partial charge in [0, 0.05) is 5.56 Å². The summed E-state index contributed by atoms with van der Waals surface area (Å²) in [5.41, 5.74) is 6.24. The van der Waals surface area contributed by atoms with E-state index in [0.29, 0.717) is 17.1 Å². The molecule has 2 amide bonds. The van der Waals surface area contributed by atoms with E-state index in [1.165, 1.54) is 0 Å². The molecule has 0 aliphatic heterocycles. The second-order valence-corrected chi connectivity index (χ2v) is 6.96. The Balaban J connectivity index is 1.84. The number of carbonyl (C=O) groups excluding carboxylic acids is 2. The van der Waals surface area contributed by atoms with Crippen LogP contribution in [0.15, 0.2) is 46.9 Å². The standard InChI is InChI=1S/C20H23BrN2O4/c1-4-14-8-9-18(17(21)10-14)26-12-19(24)22-23-20(25)15-6-5-7-16(11-15)27-13(2)3/h5-11,13H,4,12H2,1-3H3,(H,22,24)(H,23,25). The van der Waals surface area contributed by atoms with Crippen molar-refractivity contribution in [2.45, 2.75) is 33.3 Å². The number of nitrogens with one attached hydrogen (secondary N) is 2. The van der Waals surface area contributed by atoms with Gasteiger partial charge in [0.15, 0.2) is 6.61 Å². The Labute approximate surface area is 167 Å². The normalized spacial score (nSPS) is 10.4. The third-order valence-corrected chi connectivity index (χ3v) is 4.17. The van der Waals surface area contributed by atoms with Gasteiger partial charge in [-0.05, 0) is 72.1 Å². The highest BCUT2D eigenvalue weighted by atomic mass is 79.9. The van der Waals surface area contributed by atoms with Crippen molar-refractivity contribution in [2.75, 3.05) is 6.61 Å². The van der Waals surface area contributed by atoms with E-state index in [4.69, 9.17) is 9.47 Å². The van der Waals surface area contributed by atoms with E-state index in [9.17, 15) is 9.59 Å². The monoisotopic (exact) mass is 434 g/mol. The van der Waals surface area contributed by atoms with Gasteiger partial charge in [-0.2, -0.15) is 0 Å². The number of aryl methyl sites for hydroxylation is 1. The van der Waals surface area contributed by atoms with Gasteiger partial charge in [-0.1, -0.05) is 19.1 Å². The van der Waals surface area contributed by atoms with E-state index in [0.717, 1.165) is 16.5 Å². The Morgan fingerprint density at radius 1 is 1.11 bits per heavy atom. The Kier molecular flexibility index (Phi) is 7.67. The van der Waals surface area contributed by atoms with Crippen LogP contribution < -0.4 is 20.3 Å². The fourth-order valence-corrected chi connectivity index (χ4v) is 2.78. The smallest absolute Gasteiger partial charge is 0.276 e. The Hall–Kier alpha value is -2.54. The summed E-state index contributed by atoms with van der Waals surface area (Å²) in [4.78, 5) is 24.1. The second-order valence-electron chi connectivity index (χ2n) is 6.10. The molecule has 0 bridgehead atoms. The van der Waals surface area contributed by atoms with E-state index < -0.39 is 11.8 Å². The lowest BCUT2D eigenvalue weighted by Crippen LogP contribution is -2.43. The van der Waals surface area contributed by atoms with Gasteiger partial charge in [0.05, 0.1) is 10.6 Å². The summed E-state index contributed by atoms with van der Waals surface area (Å²) < 4.78 is 11.8. The van der Waals surface area contributed by atoms with Crippen LogP contribution in [0.4, 0.5) is 0 Å². The zero-order chi connectivity index (χ0) is 19.8. The summed E-state index contributed by atoms with van der Waals surface area (Å²) in [5.74, 6) is 0.246. The summed E-state index contributed by atoms with van der Waals surface area (Å²) >= 11 is 3.42. The first-order chi connectivity index (χ1) is 12.9. The van der Waals surface area contributed by atoms with Crippen molar-refractivity contribution in [3.05, 3.63) is 58.1 Å². The van der Waals surface area contributed by atoms with Gasteiger partial charge in [0.1, 0.15) is 11.5 Å². The number of benzene rings is 2. The van der Waals surface area contributed by atoms with Crippen LogP contribution in [-0.2, 0) is 11.2 Å². The molecule has 7 heteroatoms. The van der Waals surface area contributed by atoms with Crippen LogP contribution in [0, 0.1) is 0 Å². The van der Waals surface area contributed by atoms with Gasteiger partial charge in [-0.15, -0.1) is 0 Å². The van der Waals surface area contributed by atoms with Crippen LogP contribution >= 0.6 is 15.9 Å². The molecule has 27 heavy (non-hydrogen) atoms. The molecular weight excluding hydrogens is 412 g/mol. The van der Waals surface area contributed by atoms with Crippen molar-refractivity contribution in [3.8, 4) is 11.5 Å². The molecule has 2 aromatic carbocycles. The van der Waals surface area contributed by atoms with Gasteiger partial charge >= 0.3 is 0 Å². The maximum Gasteiger partial charge on any atom is 0.276 e. The molecule has 144 valence electrons. The van der Waals surface area contributed by atoms with Crippen LogP contribution in [0.2, 0.25) is 0 Å². The molecule has 6 nitrogen and oxygen atoms in total. The fourth-order valence-electron chi connectivity index (χ4n) is 2.24. The number of hydrogen-bond donors (Lipinski definition) is 2. The van der Waals surface area contributed by atoms with E-state index in [1.54, 1.807) is 30.3 Å². The molecule has 0 atom stereocenters. The van der Waals surface area contributed by atoms with Gasteiger partial charge in [-0.3, -0.25) is 20.4 Å². The molecule has 0 spiro atoms. The van der Waals surface area contributed by atoms with Crippen molar-refractivity contribution in [1.82, 2.24) is 10.9 Å². The average Bonchev–Trinajstić information content (AvgIpc) is 2.64. The third kappa shape index (κ3) is 6.60. The van der Waals surface area contributed by atoms with Gasteiger partial charge in [0.25, 0.3) is 11.8 Å². The molecule has 0 saturated heterocycles. The van der Waals surface area contributed by atoms with Crippen LogP contribution in [-0.4, -0.2) is 24.5 Å². The van der Waals surface area contributed by atoms with Crippen LogP contribution in [0.25, 0.3) is 0 Å². The highest BCUT2D eigenvalue weighted by molar-refractivity contribution is 9.10. The summed E-state index contributed by atoms with van der Waals surface area (Å²) in [7, 11) is 0. The van der Waals surface area contributed by atoms with Crippen molar-refractivity contribution in [3.63, 3.8) is 0 Å². The predicted octanol–water partition coefficient (Wildman–Crippen LogP) is 3.64.